The van der Waals surface area contributed by atoms with Crippen molar-refractivity contribution in [3.63, 3.8) is 0 Å². The molecule has 3 aliphatic rings. The first kappa shape index (κ1) is 30.5. The van der Waals surface area contributed by atoms with E-state index >= 15 is 0 Å². The molecule has 0 radical (unpaired) electrons. The van der Waals surface area contributed by atoms with E-state index in [9.17, 15) is 0 Å². The molecule has 0 fully saturated rings. The van der Waals surface area contributed by atoms with Crippen molar-refractivity contribution in [2.75, 3.05) is 0 Å². The highest BCUT2D eigenvalue weighted by molar-refractivity contribution is 6.12. The molecular weight excluding hydrogens is 681 g/mol. The minimum atomic E-state index is -0.507. The molecule has 10 aromatic rings. The Kier molecular flexibility index (Phi) is 5.61. The van der Waals surface area contributed by atoms with Crippen LogP contribution in [-0.2, 0) is 11.0 Å². The molecule has 4 heteroatoms. The average molecular weight is 717 g/mol. The van der Waals surface area contributed by atoms with Crippen LogP contribution in [-0.4, -0.2) is 19.1 Å². The Hall–Kier alpha value is -6.78. The SMILES string of the molecule is CC1(C)c2ccccc2-c2nc(-n3c4c(c5ccccc53)-c3ccccc3C3c5cccc6c7ccccc7n(c56)C43C)nc(-c3cccc4ccccc34)c21. The summed E-state index contributed by atoms with van der Waals surface area (Å²) in [6, 6.07) is 58.1. The molecule has 4 heterocycles. The van der Waals surface area contributed by atoms with Crippen LogP contribution in [0.5, 0.6) is 0 Å². The summed E-state index contributed by atoms with van der Waals surface area (Å²) < 4.78 is 5.11. The van der Waals surface area contributed by atoms with Gasteiger partial charge in [-0.1, -0.05) is 159 Å². The largest absolute Gasteiger partial charge is 0.328 e. The van der Waals surface area contributed by atoms with Crippen LogP contribution in [0.3, 0.4) is 0 Å². The summed E-state index contributed by atoms with van der Waals surface area (Å²) in [6.45, 7) is 7.15. The summed E-state index contributed by atoms with van der Waals surface area (Å²) in [4.78, 5) is 11.6. The molecule has 4 nitrogen and oxygen atoms in total. The van der Waals surface area contributed by atoms with Gasteiger partial charge in [-0.25, -0.2) is 9.97 Å². The minimum Gasteiger partial charge on any atom is -0.328 e. The van der Waals surface area contributed by atoms with E-state index in [0.717, 1.165) is 22.5 Å². The van der Waals surface area contributed by atoms with Gasteiger partial charge in [-0.3, -0.25) is 4.57 Å². The van der Waals surface area contributed by atoms with Crippen LogP contribution < -0.4 is 0 Å². The lowest BCUT2D eigenvalue weighted by atomic mass is 9.68. The molecule has 56 heavy (non-hydrogen) atoms. The summed E-state index contributed by atoms with van der Waals surface area (Å²) in [5.41, 5.74) is 16.2. The number of rotatable bonds is 2. The standard InChI is InChI=1S/C52H36N4/c1-51(2)40-27-11-8-22-37(40)47-45(51)46(35-24-14-17-30-16-4-5-18-31(30)35)53-50(54-47)55-41-28-12-10-23-38(41)43-33-20-6-7-21-34(33)44-39-26-15-25-36-32-19-9-13-29-42(32)56(48(36)39)52(44,3)49(43)55/h4-29,44H,1-3H3. The van der Waals surface area contributed by atoms with Crippen LogP contribution in [0.15, 0.2) is 158 Å². The maximum Gasteiger partial charge on any atom is 0.235 e. The number of para-hydroxylation sites is 3. The number of hydrogen-bond acceptors (Lipinski definition) is 2. The normalized spacial score (nSPS) is 18.3. The van der Waals surface area contributed by atoms with Gasteiger partial charge in [0.25, 0.3) is 0 Å². The number of nitrogens with zero attached hydrogens (tertiary/aromatic N) is 4. The van der Waals surface area contributed by atoms with Crippen molar-refractivity contribution in [3.05, 3.63) is 186 Å². The van der Waals surface area contributed by atoms with Crippen molar-refractivity contribution >= 4 is 43.5 Å². The highest BCUT2D eigenvalue weighted by atomic mass is 15.2. The van der Waals surface area contributed by atoms with Crippen molar-refractivity contribution in [2.24, 2.45) is 0 Å². The van der Waals surface area contributed by atoms with Crippen molar-refractivity contribution in [1.29, 1.82) is 0 Å². The minimum absolute atomic E-state index is 0.0872. The fourth-order valence-corrected chi connectivity index (χ4v) is 11.4. The Morgan fingerprint density at radius 1 is 0.500 bits per heavy atom. The summed E-state index contributed by atoms with van der Waals surface area (Å²) in [7, 11) is 0. The molecule has 264 valence electrons. The Morgan fingerprint density at radius 3 is 1.95 bits per heavy atom. The Morgan fingerprint density at radius 2 is 1.09 bits per heavy atom. The predicted octanol–water partition coefficient (Wildman–Crippen LogP) is 12.5. The van der Waals surface area contributed by atoms with E-state index in [1.54, 1.807) is 0 Å². The van der Waals surface area contributed by atoms with E-state index in [2.05, 4.69) is 188 Å². The predicted molar refractivity (Wildman–Crippen MR) is 229 cm³/mol. The van der Waals surface area contributed by atoms with Crippen LogP contribution in [0.2, 0.25) is 0 Å². The van der Waals surface area contributed by atoms with Gasteiger partial charge in [-0.15, -0.1) is 0 Å². The smallest absolute Gasteiger partial charge is 0.235 e. The van der Waals surface area contributed by atoms with Crippen molar-refractivity contribution < 1.29 is 0 Å². The number of aromatic nitrogens is 4. The van der Waals surface area contributed by atoms with E-state index < -0.39 is 5.54 Å². The number of fused-ring (bicyclic) bond motifs is 17. The zero-order valence-corrected chi connectivity index (χ0v) is 31.4. The van der Waals surface area contributed by atoms with E-state index in [4.69, 9.17) is 9.97 Å². The second-order valence-corrected chi connectivity index (χ2v) is 16.6. The van der Waals surface area contributed by atoms with E-state index in [-0.39, 0.29) is 11.3 Å². The maximum atomic E-state index is 5.84. The van der Waals surface area contributed by atoms with E-state index in [1.165, 1.54) is 82.6 Å². The Bertz CT molecular complexity index is 3370. The van der Waals surface area contributed by atoms with Crippen LogP contribution in [0.1, 0.15) is 54.6 Å². The highest BCUT2D eigenvalue weighted by Crippen LogP contribution is 2.63. The van der Waals surface area contributed by atoms with E-state index in [1.807, 2.05) is 0 Å². The fraction of sp³-hybridized carbons (Fsp3) is 0.115. The number of benzene rings is 7. The first-order valence-corrected chi connectivity index (χ1v) is 19.7. The van der Waals surface area contributed by atoms with Crippen molar-refractivity contribution in [3.8, 4) is 39.6 Å². The highest BCUT2D eigenvalue weighted by Gasteiger charge is 2.54. The van der Waals surface area contributed by atoms with Gasteiger partial charge in [0, 0.05) is 55.3 Å². The molecule has 2 aliphatic carbocycles. The van der Waals surface area contributed by atoms with Gasteiger partial charge in [0.2, 0.25) is 5.95 Å². The van der Waals surface area contributed by atoms with E-state index in [0.29, 0.717) is 5.95 Å². The van der Waals surface area contributed by atoms with Crippen LogP contribution in [0.4, 0.5) is 0 Å². The quantitative estimate of drug-likeness (QED) is 0.179. The molecule has 2 unspecified atom stereocenters. The van der Waals surface area contributed by atoms with Crippen molar-refractivity contribution in [2.45, 2.75) is 37.6 Å². The summed E-state index contributed by atoms with van der Waals surface area (Å²) >= 11 is 0. The second-order valence-electron chi connectivity index (χ2n) is 16.6. The third kappa shape index (κ3) is 3.48. The van der Waals surface area contributed by atoms with Crippen LogP contribution in [0.25, 0.3) is 83.1 Å². The van der Waals surface area contributed by atoms with Gasteiger partial charge in [-0.2, -0.15) is 0 Å². The zero-order valence-electron chi connectivity index (χ0n) is 31.4. The van der Waals surface area contributed by atoms with Gasteiger partial charge >= 0.3 is 0 Å². The average Bonchev–Trinajstić information content (AvgIpc) is 3.93. The molecule has 0 bridgehead atoms. The molecule has 0 saturated carbocycles. The van der Waals surface area contributed by atoms with Gasteiger partial charge in [0.1, 0.15) is 0 Å². The zero-order chi connectivity index (χ0) is 37.1. The first-order chi connectivity index (χ1) is 27.5. The van der Waals surface area contributed by atoms with Crippen LogP contribution >= 0.6 is 0 Å². The molecular formula is C52H36N4. The molecule has 13 rings (SSSR count). The molecule has 7 aromatic carbocycles. The topological polar surface area (TPSA) is 35.6 Å². The van der Waals surface area contributed by atoms with Crippen LogP contribution in [0, 0.1) is 0 Å². The lowest BCUT2D eigenvalue weighted by Gasteiger charge is -2.41. The molecule has 1 aliphatic heterocycles. The Labute approximate surface area is 324 Å². The second kappa shape index (κ2) is 10.3. The van der Waals surface area contributed by atoms with Crippen molar-refractivity contribution in [1.82, 2.24) is 19.1 Å². The molecule has 0 amide bonds. The first-order valence-electron chi connectivity index (χ1n) is 19.7. The molecule has 2 atom stereocenters. The monoisotopic (exact) mass is 716 g/mol. The molecule has 3 aromatic heterocycles. The molecule has 0 N–H and O–H groups in total. The maximum absolute atomic E-state index is 5.84. The van der Waals surface area contributed by atoms with Gasteiger partial charge in [-0.05, 0) is 52.1 Å². The molecule has 0 saturated heterocycles. The third-order valence-corrected chi connectivity index (χ3v) is 13.6. The lowest BCUT2D eigenvalue weighted by molar-refractivity contribution is 0.372. The summed E-state index contributed by atoms with van der Waals surface area (Å²) in [5.74, 6) is 0.795. The lowest BCUT2D eigenvalue weighted by Crippen LogP contribution is -2.39. The van der Waals surface area contributed by atoms with Gasteiger partial charge in [0.15, 0.2) is 0 Å². The van der Waals surface area contributed by atoms with Gasteiger partial charge in [0.05, 0.1) is 33.7 Å². The Balaban J connectivity index is 1.22. The number of hydrogen-bond donors (Lipinski definition) is 0. The van der Waals surface area contributed by atoms with Gasteiger partial charge < -0.3 is 4.57 Å². The molecule has 0 spiro atoms. The summed E-state index contributed by atoms with van der Waals surface area (Å²) in [5, 5.41) is 6.21. The summed E-state index contributed by atoms with van der Waals surface area (Å²) in [6.07, 6.45) is 0. The fourth-order valence-electron chi connectivity index (χ4n) is 11.4. The third-order valence-electron chi connectivity index (χ3n) is 13.6.